The van der Waals surface area contributed by atoms with Crippen LogP contribution in [0.15, 0.2) is 48.6 Å². The summed E-state index contributed by atoms with van der Waals surface area (Å²) in [6.07, 6.45) is 78.0. The van der Waals surface area contributed by atoms with Gasteiger partial charge in [-0.1, -0.05) is 326 Å². The maximum atomic E-state index is 13.1. The van der Waals surface area contributed by atoms with E-state index < -0.39 is 49.5 Å². The Morgan fingerprint density at radius 1 is 0.402 bits per heavy atom. The molecular weight excluding hydrogens is 1020 g/mol. The minimum atomic E-state index is -1.58. The number of unbranched alkanes of at least 4 members (excludes halogenated alkanes) is 47. The van der Waals surface area contributed by atoms with Crippen LogP contribution in [0.1, 0.15) is 354 Å². The number of carbonyl (C=O) groups excluding carboxylic acids is 1. The molecule has 1 rings (SSSR count). The Morgan fingerprint density at radius 2 is 0.695 bits per heavy atom. The van der Waals surface area contributed by atoms with Crippen molar-refractivity contribution in [1.29, 1.82) is 0 Å². The molecule has 9 heteroatoms. The molecule has 0 aromatic heterocycles. The summed E-state index contributed by atoms with van der Waals surface area (Å²) in [6, 6.07) is -0.829. The molecule has 1 aliphatic rings. The Labute approximate surface area is 507 Å². The number of nitrogens with one attached hydrogen (secondary N) is 1. The van der Waals surface area contributed by atoms with Crippen LogP contribution in [0, 0.1) is 0 Å². The van der Waals surface area contributed by atoms with E-state index in [1.54, 1.807) is 6.08 Å². The van der Waals surface area contributed by atoms with Gasteiger partial charge in [0.15, 0.2) is 6.29 Å². The maximum absolute atomic E-state index is 13.1. The number of aliphatic hydroxyl groups excluding tert-OH is 5. The van der Waals surface area contributed by atoms with Crippen LogP contribution in [-0.2, 0) is 14.3 Å². The van der Waals surface area contributed by atoms with E-state index in [1.807, 2.05) is 6.08 Å². The van der Waals surface area contributed by atoms with E-state index in [1.165, 1.54) is 289 Å². The van der Waals surface area contributed by atoms with Crippen LogP contribution in [0.3, 0.4) is 0 Å². The van der Waals surface area contributed by atoms with E-state index in [0.717, 1.165) is 44.9 Å². The second-order valence-corrected chi connectivity index (χ2v) is 25.0. The van der Waals surface area contributed by atoms with Crippen molar-refractivity contribution in [1.82, 2.24) is 5.32 Å². The number of aliphatic hydroxyl groups is 5. The average molecular weight is 1160 g/mol. The van der Waals surface area contributed by atoms with E-state index in [-0.39, 0.29) is 12.5 Å². The zero-order valence-corrected chi connectivity index (χ0v) is 54.0. The van der Waals surface area contributed by atoms with E-state index in [2.05, 4.69) is 55.6 Å². The van der Waals surface area contributed by atoms with Crippen LogP contribution < -0.4 is 5.32 Å². The van der Waals surface area contributed by atoms with Gasteiger partial charge >= 0.3 is 0 Å². The largest absolute Gasteiger partial charge is 0.394 e. The van der Waals surface area contributed by atoms with Gasteiger partial charge in [0.05, 0.1) is 25.4 Å². The first-order valence-corrected chi connectivity index (χ1v) is 35.9. The zero-order valence-electron chi connectivity index (χ0n) is 54.0. The molecule has 1 aliphatic heterocycles. The Morgan fingerprint density at radius 3 is 1.02 bits per heavy atom. The third kappa shape index (κ3) is 50.3. The molecule has 1 saturated heterocycles. The molecule has 482 valence electrons. The molecule has 0 radical (unpaired) electrons. The Kier molecular flexibility index (Phi) is 59.3. The first kappa shape index (κ1) is 78.2. The Hall–Kier alpha value is -1.85. The minimum absolute atomic E-state index is 0.184. The quantitative estimate of drug-likeness (QED) is 0.0261. The molecule has 1 fully saturated rings. The fourth-order valence-electron chi connectivity index (χ4n) is 11.5. The monoisotopic (exact) mass is 1160 g/mol. The summed E-state index contributed by atoms with van der Waals surface area (Å²) >= 11 is 0. The highest BCUT2D eigenvalue weighted by Crippen LogP contribution is 2.23. The molecular formula is C73H137NO8. The van der Waals surface area contributed by atoms with Gasteiger partial charge < -0.3 is 40.3 Å². The zero-order chi connectivity index (χ0) is 59.3. The molecule has 1 amide bonds. The number of hydrogen-bond donors (Lipinski definition) is 6. The summed E-state index contributed by atoms with van der Waals surface area (Å²) in [5.74, 6) is -0.184. The van der Waals surface area contributed by atoms with Gasteiger partial charge in [-0.05, 0) is 70.6 Å². The van der Waals surface area contributed by atoms with Crippen LogP contribution >= 0.6 is 0 Å². The number of allylic oxidation sites excluding steroid dienone is 7. The van der Waals surface area contributed by atoms with Gasteiger partial charge in [0.1, 0.15) is 24.4 Å². The number of carbonyl (C=O) groups is 1. The molecule has 7 unspecified atom stereocenters. The second kappa shape index (κ2) is 62.2. The van der Waals surface area contributed by atoms with E-state index in [0.29, 0.717) is 6.42 Å². The van der Waals surface area contributed by atoms with Crippen molar-refractivity contribution in [3.05, 3.63) is 48.6 Å². The van der Waals surface area contributed by atoms with Gasteiger partial charge in [0.2, 0.25) is 5.91 Å². The topological polar surface area (TPSA) is 149 Å². The van der Waals surface area contributed by atoms with Crippen molar-refractivity contribution < 1.29 is 39.8 Å². The molecule has 0 aliphatic carbocycles. The summed E-state index contributed by atoms with van der Waals surface area (Å²) in [5, 5.41) is 54.7. The van der Waals surface area contributed by atoms with Crippen molar-refractivity contribution >= 4 is 5.91 Å². The number of amides is 1. The lowest BCUT2D eigenvalue weighted by Crippen LogP contribution is -2.60. The minimum Gasteiger partial charge on any atom is -0.394 e. The van der Waals surface area contributed by atoms with Gasteiger partial charge in [-0.15, -0.1) is 0 Å². The first-order valence-electron chi connectivity index (χ1n) is 35.9. The smallest absolute Gasteiger partial charge is 0.220 e. The predicted octanol–water partition coefficient (Wildman–Crippen LogP) is 19.6. The van der Waals surface area contributed by atoms with Gasteiger partial charge in [0, 0.05) is 6.42 Å². The van der Waals surface area contributed by atoms with Crippen molar-refractivity contribution in [3.63, 3.8) is 0 Å². The number of hydrogen-bond acceptors (Lipinski definition) is 8. The second-order valence-electron chi connectivity index (χ2n) is 25.0. The van der Waals surface area contributed by atoms with Crippen LogP contribution in [0.25, 0.3) is 0 Å². The fourth-order valence-corrected chi connectivity index (χ4v) is 11.5. The molecule has 9 nitrogen and oxygen atoms in total. The maximum Gasteiger partial charge on any atom is 0.220 e. The van der Waals surface area contributed by atoms with Crippen LogP contribution in [0.2, 0.25) is 0 Å². The van der Waals surface area contributed by atoms with E-state index >= 15 is 0 Å². The number of ether oxygens (including phenoxy) is 2. The molecule has 0 aromatic rings. The fraction of sp³-hybridized carbons (Fsp3) is 0.877. The van der Waals surface area contributed by atoms with Crippen molar-refractivity contribution in [2.75, 3.05) is 13.2 Å². The van der Waals surface area contributed by atoms with Crippen molar-refractivity contribution in [2.45, 2.75) is 397 Å². The third-order valence-electron chi connectivity index (χ3n) is 17.1. The molecule has 0 aromatic carbocycles. The number of rotatable bonds is 63. The van der Waals surface area contributed by atoms with Gasteiger partial charge in [-0.3, -0.25) is 4.79 Å². The van der Waals surface area contributed by atoms with E-state index in [9.17, 15) is 30.3 Å². The third-order valence-corrected chi connectivity index (χ3v) is 17.1. The van der Waals surface area contributed by atoms with Gasteiger partial charge in [0.25, 0.3) is 0 Å². The van der Waals surface area contributed by atoms with Gasteiger partial charge in [-0.25, -0.2) is 0 Å². The molecule has 7 atom stereocenters. The molecule has 1 heterocycles. The Balaban J connectivity index is 2.13. The van der Waals surface area contributed by atoms with Crippen LogP contribution in [0.5, 0.6) is 0 Å². The molecule has 82 heavy (non-hydrogen) atoms. The summed E-state index contributed by atoms with van der Waals surface area (Å²) in [6.45, 7) is 3.81. The van der Waals surface area contributed by atoms with Crippen LogP contribution in [0.4, 0.5) is 0 Å². The summed E-state index contributed by atoms with van der Waals surface area (Å²) in [5.41, 5.74) is 0. The highest BCUT2D eigenvalue weighted by molar-refractivity contribution is 5.76. The lowest BCUT2D eigenvalue weighted by atomic mass is 9.99. The van der Waals surface area contributed by atoms with Crippen molar-refractivity contribution in [3.8, 4) is 0 Å². The highest BCUT2D eigenvalue weighted by atomic mass is 16.7. The molecule has 0 saturated carbocycles. The Bertz CT molecular complexity index is 1430. The van der Waals surface area contributed by atoms with Crippen molar-refractivity contribution in [2.24, 2.45) is 0 Å². The molecule has 0 bridgehead atoms. The highest BCUT2D eigenvalue weighted by Gasteiger charge is 2.44. The summed E-state index contributed by atoms with van der Waals surface area (Å²) < 4.78 is 11.3. The first-order chi connectivity index (χ1) is 40.3. The summed E-state index contributed by atoms with van der Waals surface area (Å²) in [7, 11) is 0. The standard InChI is InChI=1S/C73H137NO8/c1-3-5-7-9-11-13-15-17-19-21-23-25-27-29-31-32-33-34-35-36-37-39-41-43-45-47-49-51-53-55-57-59-61-63-69(77)74-66(65-81-73-72(80)71(79)70(78)68(64-75)82-73)67(76)62-60-58-56-54-52-50-48-46-44-42-40-38-30-28-26-24-22-20-18-16-14-12-10-8-6-4-2/h21,23,44,46,52,54,60,62,66-68,70-73,75-76,78-80H,3-20,22,24-43,45,47-51,53,55-59,61,63-65H2,1-2H3,(H,74,77)/b23-21-,46-44+,54-52+,62-60+. The lowest BCUT2D eigenvalue weighted by Gasteiger charge is -2.40. The lowest BCUT2D eigenvalue weighted by molar-refractivity contribution is -0.302. The normalized spacial score (nSPS) is 18.5. The molecule has 6 N–H and O–H groups in total. The van der Waals surface area contributed by atoms with Crippen LogP contribution in [-0.4, -0.2) is 87.5 Å². The SMILES string of the molecule is CCCCCCCCCC/C=C\CCCCCCCCCCCCCCCCCCCCCCCC(=O)NC(COC1OC(CO)C(O)C(O)C1O)C(O)/C=C/CC/C=C/CC/C=C/CCCCCCCCCCCCCCCCCC. The van der Waals surface area contributed by atoms with E-state index in [4.69, 9.17) is 9.47 Å². The predicted molar refractivity (Wildman–Crippen MR) is 350 cm³/mol. The molecule has 0 spiro atoms. The summed E-state index contributed by atoms with van der Waals surface area (Å²) in [4.78, 5) is 13.1. The average Bonchev–Trinajstić information content (AvgIpc) is 3.57. The van der Waals surface area contributed by atoms with Gasteiger partial charge in [-0.2, -0.15) is 0 Å².